The minimum atomic E-state index is -0.291. The minimum absolute atomic E-state index is 0.175. The van der Waals surface area contributed by atoms with Gasteiger partial charge in [-0.15, -0.1) is 0 Å². The van der Waals surface area contributed by atoms with Crippen LogP contribution in [-0.4, -0.2) is 36.4 Å². The van der Waals surface area contributed by atoms with E-state index in [9.17, 15) is 4.79 Å². The Balaban J connectivity index is 1.59. The molecular weight excluding hydrogens is 300 g/mol. The second-order valence-electron chi connectivity index (χ2n) is 5.09. The highest BCUT2D eigenvalue weighted by Crippen LogP contribution is 2.20. The van der Waals surface area contributed by atoms with Crippen LogP contribution in [0.1, 0.15) is 29.1 Å². The van der Waals surface area contributed by atoms with Crippen LogP contribution in [-0.2, 0) is 11.4 Å². The van der Waals surface area contributed by atoms with E-state index in [0.717, 1.165) is 12.8 Å². The number of nitrogens with zero attached hydrogens (tertiary/aromatic N) is 2. The maximum absolute atomic E-state index is 12.2. The Labute approximate surface area is 133 Å². The highest BCUT2D eigenvalue weighted by Gasteiger charge is 2.22. The Morgan fingerprint density at radius 3 is 2.96 bits per heavy atom. The van der Waals surface area contributed by atoms with Crippen molar-refractivity contribution in [1.29, 1.82) is 0 Å². The third-order valence-electron chi connectivity index (χ3n) is 3.43. The van der Waals surface area contributed by atoms with Crippen LogP contribution in [0.4, 0.5) is 0 Å². The molecule has 7 heteroatoms. The van der Waals surface area contributed by atoms with E-state index in [-0.39, 0.29) is 18.2 Å². The van der Waals surface area contributed by atoms with E-state index in [0.29, 0.717) is 30.4 Å². The van der Waals surface area contributed by atoms with Crippen molar-refractivity contribution in [1.82, 2.24) is 10.2 Å². The summed E-state index contributed by atoms with van der Waals surface area (Å²) in [6.45, 7) is 1.30. The van der Waals surface area contributed by atoms with Gasteiger partial charge in [0.05, 0.1) is 13.7 Å². The van der Waals surface area contributed by atoms with Gasteiger partial charge in [0, 0.05) is 18.7 Å². The van der Waals surface area contributed by atoms with Gasteiger partial charge in [0.25, 0.3) is 5.91 Å². The topological polar surface area (TPSA) is 74.0 Å². The molecule has 1 aromatic carbocycles. The van der Waals surface area contributed by atoms with Gasteiger partial charge in [-0.1, -0.05) is 11.2 Å². The fourth-order valence-electron chi connectivity index (χ4n) is 2.21. The quantitative estimate of drug-likeness (QED) is 0.843. The first kappa shape index (κ1) is 15.4. The zero-order valence-electron chi connectivity index (χ0n) is 12.9. The fourth-order valence-corrected chi connectivity index (χ4v) is 2.21. The molecular formula is C16H18N2O5. The summed E-state index contributed by atoms with van der Waals surface area (Å²) >= 11 is 0. The van der Waals surface area contributed by atoms with Gasteiger partial charge < -0.3 is 14.0 Å². The van der Waals surface area contributed by atoms with E-state index < -0.39 is 0 Å². The maximum atomic E-state index is 12.2. The number of amides is 1. The predicted molar refractivity (Wildman–Crippen MR) is 80.1 cm³/mol. The molecule has 1 amide bonds. The van der Waals surface area contributed by atoms with Crippen LogP contribution < -0.4 is 9.47 Å². The minimum Gasteiger partial charge on any atom is -0.497 e. The Bertz CT molecular complexity index is 664. The highest BCUT2D eigenvalue weighted by atomic mass is 16.7. The monoisotopic (exact) mass is 318 g/mol. The number of hydrogen-bond acceptors (Lipinski definition) is 6. The number of carbonyl (C=O) groups is 1. The van der Waals surface area contributed by atoms with E-state index >= 15 is 0 Å². The lowest BCUT2D eigenvalue weighted by atomic mass is 10.3. The van der Waals surface area contributed by atoms with E-state index in [1.54, 1.807) is 19.2 Å². The number of benzene rings is 1. The molecule has 0 bridgehead atoms. The van der Waals surface area contributed by atoms with Crippen LogP contribution in [0.3, 0.4) is 0 Å². The van der Waals surface area contributed by atoms with Crippen molar-refractivity contribution in [3.63, 3.8) is 0 Å². The van der Waals surface area contributed by atoms with Crippen LogP contribution in [0.5, 0.6) is 11.5 Å². The highest BCUT2D eigenvalue weighted by molar-refractivity contribution is 5.91. The molecule has 3 rings (SSSR count). The van der Waals surface area contributed by atoms with Crippen molar-refractivity contribution in [2.75, 3.05) is 20.3 Å². The smallest absolute Gasteiger partial charge is 0.299 e. The van der Waals surface area contributed by atoms with Gasteiger partial charge in [0.2, 0.25) is 0 Å². The molecule has 0 atom stereocenters. The van der Waals surface area contributed by atoms with Crippen LogP contribution >= 0.6 is 0 Å². The van der Waals surface area contributed by atoms with Gasteiger partial charge in [-0.3, -0.25) is 9.63 Å². The molecule has 2 aromatic rings. The number of hydroxylamine groups is 2. The molecule has 0 unspecified atom stereocenters. The predicted octanol–water partition coefficient (Wildman–Crippen LogP) is 2.43. The van der Waals surface area contributed by atoms with Gasteiger partial charge in [0.15, 0.2) is 11.5 Å². The van der Waals surface area contributed by atoms with Gasteiger partial charge >= 0.3 is 0 Å². The number of ether oxygens (including phenoxy) is 2. The van der Waals surface area contributed by atoms with Crippen molar-refractivity contribution in [3.05, 3.63) is 41.8 Å². The van der Waals surface area contributed by atoms with Crippen molar-refractivity contribution < 1.29 is 23.6 Å². The maximum Gasteiger partial charge on any atom is 0.299 e. The molecule has 1 aromatic heterocycles. The van der Waals surface area contributed by atoms with E-state index in [2.05, 4.69) is 5.16 Å². The van der Waals surface area contributed by atoms with Gasteiger partial charge in [0.1, 0.15) is 18.1 Å². The molecule has 1 aliphatic heterocycles. The zero-order valence-corrected chi connectivity index (χ0v) is 12.9. The van der Waals surface area contributed by atoms with Crippen molar-refractivity contribution in [2.24, 2.45) is 0 Å². The Morgan fingerprint density at radius 2 is 2.17 bits per heavy atom. The van der Waals surface area contributed by atoms with Gasteiger partial charge in [-0.2, -0.15) is 0 Å². The summed E-state index contributed by atoms with van der Waals surface area (Å²) in [6, 6.07) is 8.81. The molecule has 0 spiro atoms. The number of aromatic nitrogens is 1. The lowest BCUT2D eigenvalue weighted by Gasteiger charge is -2.24. The first-order valence-electron chi connectivity index (χ1n) is 7.43. The Hall–Kier alpha value is -2.54. The summed E-state index contributed by atoms with van der Waals surface area (Å²) < 4.78 is 15.9. The molecule has 1 aliphatic rings. The summed E-state index contributed by atoms with van der Waals surface area (Å²) in [7, 11) is 1.59. The Morgan fingerprint density at radius 1 is 1.30 bits per heavy atom. The molecule has 0 saturated carbocycles. The van der Waals surface area contributed by atoms with Gasteiger partial charge in [-0.25, -0.2) is 5.06 Å². The molecule has 1 saturated heterocycles. The first-order valence-corrected chi connectivity index (χ1v) is 7.43. The molecule has 2 heterocycles. The molecule has 0 aliphatic carbocycles. The standard InChI is InChI=1S/C16H18N2O5/c1-20-12-5-4-6-13(9-12)21-11-14-10-15(17-23-14)16(19)18-7-2-3-8-22-18/h4-6,9-10H,2-3,7-8,11H2,1H3. The largest absolute Gasteiger partial charge is 0.497 e. The zero-order chi connectivity index (χ0) is 16.1. The van der Waals surface area contributed by atoms with Crippen LogP contribution in [0.2, 0.25) is 0 Å². The van der Waals surface area contributed by atoms with Crippen molar-refractivity contribution in [2.45, 2.75) is 19.4 Å². The average Bonchev–Trinajstić information content (AvgIpc) is 3.09. The average molecular weight is 318 g/mol. The van der Waals surface area contributed by atoms with Crippen molar-refractivity contribution in [3.8, 4) is 11.5 Å². The van der Waals surface area contributed by atoms with Gasteiger partial charge in [-0.05, 0) is 25.0 Å². The third-order valence-corrected chi connectivity index (χ3v) is 3.43. The molecule has 0 radical (unpaired) electrons. The Kier molecular flexibility index (Phi) is 4.77. The molecule has 23 heavy (non-hydrogen) atoms. The first-order chi connectivity index (χ1) is 11.3. The van der Waals surface area contributed by atoms with Crippen LogP contribution in [0, 0.1) is 0 Å². The summed E-state index contributed by atoms with van der Waals surface area (Å²) in [5.74, 6) is 1.53. The fraction of sp³-hybridized carbons (Fsp3) is 0.375. The second-order valence-corrected chi connectivity index (χ2v) is 5.09. The second kappa shape index (κ2) is 7.15. The molecule has 122 valence electrons. The third kappa shape index (κ3) is 3.81. The van der Waals surface area contributed by atoms with E-state index in [4.69, 9.17) is 18.8 Å². The summed E-state index contributed by atoms with van der Waals surface area (Å²) in [4.78, 5) is 17.5. The summed E-state index contributed by atoms with van der Waals surface area (Å²) in [5.41, 5.74) is 0.219. The molecule has 1 fully saturated rings. The molecule has 0 N–H and O–H groups in total. The summed E-state index contributed by atoms with van der Waals surface area (Å²) in [6.07, 6.45) is 1.89. The number of methoxy groups -OCH3 is 1. The lowest BCUT2D eigenvalue weighted by molar-refractivity contribution is -0.144. The van der Waals surface area contributed by atoms with E-state index in [1.165, 1.54) is 5.06 Å². The van der Waals surface area contributed by atoms with Crippen LogP contribution in [0.25, 0.3) is 0 Å². The van der Waals surface area contributed by atoms with E-state index in [1.807, 2.05) is 18.2 Å². The SMILES string of the molecule is COc1cccc(OCc2cc(C(=O)N3CCCCO3)no2)c1. The normalized spacial score (nSPS) is 14.6. The molecule has 7 nitrogen and oxygen atoms in total. The number of hydrogen-bond donors (Lipinski definition) is 0. The summed E-state index contributed by atoms with van der Waals surface area (Å²) in [5, 5.41) is 5.11. The number of rotatable bonds is 5. The number of carbonyl (C=O) groups excluding carboxylic acids is 1. The van der Waals surface area contributed by atoms with Crippen molar-refractivity contribution >= 4 is 5.91 Å². The van der Waals surface area contributed by atoms with Crippen LogP contribution in [0.15, 0.2) is 34.9 Å². The lowest BCUT2D eigenvalue weighted by Crippen LogP contribution is -2.35.